The molecule has 2 amide bonds. The third-order valence-electron chi connectivity index (χ3n) is 6.39. The first-order valence-electron chi connectivity index (χ1n) is 11.1. The van der Waals surface area contributed by atoms with Crippen LogP contribution in [0.1, 0.15) is 44.7 Å². The summed E-state index contributed by atoms with van der Waals surface area (Å²) in [5.41, 5.74) is 6.69. The Bertz CT molecular complexity index is 800. The molecule has 11 heteroatoms. The molecule has 176 valence electrons. The average Bonchev–Trinajstić information content (AvgIpc) is 3.50. The fourth-order valence-electron chi connectivity index (χ4n) is 4.57. The van der Waals surface area contributed by atoms with Crippen molar-refractivity contribution < 1.29 is 23.8 Å². The van der Waals surface area contributed by atoms with Gasteiger partial charge in [0.25, 0.3) is 0 Å². The molecule has 1 aromatic heterocycles. The van der Waals surface area contributed by atoms with E-state index in [0.717, 1.165) is 32.1 Å². The van der Waals surface area contributed by atoms with Crippen LogP contribution in [0.3, 0.4) is 0 Å². The molecule has 3 heterocycles. The van der Waals surface area contributed by atoms with E-state index in [1.54, 1.807) is 0 Å². The van der Waals surface area contributed by atoms with E-state index in [9.17, 15) is 9.59 Å². The molecule has 5 atom stereocenters. The van der Waals surface area contributed by atoms with Crippen molar-refractivity contribution in [3.05, 3.63) is 18.1 Å². The standard InChI is InChI=1S/C21H32N6O5/c1-21(5-6-31-12-21)25-20(29)32-15-4-3-13(7-15)16-9-17(27-26-16)24-18(28)8-14-10-23-19(30-2)11-22-14/h10-11,13,15-17,26-27H,3-9,12H2,1-2H3,(H,24,28)(H,25,29)/t13-,15+,16?,17?,21?/m0/s1. The molecule has 11 nitrogen and oxygen atoms in total. The highest BCUT2D eigenvalue weighted by Gasteiger charge is 2.38. The molecule has 3 fully saturated rings. The summed E-state index contributed by atoms with van der Waals surface area (Å²) >= 11 is 0. The highest BCUT2D eigenvalue weighted by molar-refractivity contribution is 5.78. The lowest BCUT2D eigenvalue weighted by molar-refractivity contribution is -0.121. The zero-order chi connectivity index (χ0) is 22.6. The van der Waals surface area contributed by atoms with Gasteiger partial charge in [-0.2, -0.15) is 0 Å². The second-order valence-electron chi connectivity index (χ2n) is 9.07. The van der Waals surface area contributed by atoms with E-state index >= 15 is 0 Å². The van der Waals surface area contributed by atoms with Crippen LogP contribution in [0.4, 0.5) is 4.79 Å². The van der Waals surface area contributed by atoms with Crippen LogP contribution in [-0.2, 0) is 20.7 Å². The van der Waals surface area contributed by atoms with Gasteiger partial charge >= 0.3 is 6.09 Å². The topological polar surface area (TPSA) is 136 Å². The number of alkyl carbamates (subject to hydrolysis) is 1. The summed E-state index contributed by atoms with van der Waals surface area (Å²) in [6, 6.07) is 0.207. The zero-order valence-corrected chi connectivity index (χ0v) is 18.6. The first-order chi connectivity index (χ1) is 15.4. The summed E-state index contributed by atoms with van der Waals surface area (Å²) in [7, 11) is 1.52. The highest BCUT2D eigenvalue weighted by atomic mass is 16.6. The smallest absolute Gasteiger partial charge is 0.407 e. The van der Waals surface area contributed by atoms with E-state index in [1.165, 1.54) is 19.5 Å². The van der Waals surface area contributed by atoms with E-state index in [1.807, 2.05) is 6.92 Å². The predicted octanol–water partition coefficient (Wildman–Crippen LogP) is 0.410. The summed E-state index contributed by atoms with van der Waals surface area (Å²) in [5, 5.41) is 5.92. The average molecular weight is 449 g/mol. The third-order valence-corrected chi connectivity index (χ3v) is 6.39. The molecule has 0 radical (unpaired) electrons. The Balaban J connectivity index is 1.17. The quantitative estimate of drug-likeness (QED) is 0.468. The van der Waals surface area contributed by atoms with Gasteiger partial charge in [-0.25, -0.2) is 15.2 Å². The van der Waals surface area contributed by atoms with E-state index in [2.05, 4.69) is 31.5 Å². The van der Waals surface area contributed by atoms with E-state index in [-0.39, 0.29) is 42.3 Å². The Morgan fingerprint density at radius 3 is 2.84 bits per heavy atom. The number of hydrogen-bond acceptors (Lipinski definition) is 9. The molecule has 0 aromatic carbocycles. The van der Waals surface area contributed by atoms with Crippen LogP contribution >= 0.6 is 0 Å². The second kappa shape index (κ2) is 9.97. The van der Waals surface area contributed by atoms with Crippen LogP contribution in [0.5, 0.6) is 5.88 Å². The number of hydrogen-bond donors (Lipinski definition) is 4. The van der Waals surface area contributed by atoms with Crippen molar-refractivity contribution in [2.75, 3.05) is 20.3 Å². The molecular formula is C21H32N6O5. The lowest BCUT2D eigenvalue weighted by Crippen LogP contribution is -2.47. The van der Waals surface area contributed by atoms with Gasteiger partial charge in [0.2, 0.25) is 11.8 Å². The lowest BCUT2D eigenvalue weighted by Gasteiger charge is -2.24. The van der Waals surface area contributed by atoms with Gasteiger partial charge in [0, 0.05) is 12.6 Å². The fourth-order valence-corrected chi connectivity index (χ4v) is 4.57. The molecule has 3 unspecified atom stereocenters. The molecule has 32 heavy (non-hydrogen) atoms. The zero-order valence-electron chi connectivity index (χ0n) is 18.6. The number of aromatic nitrogens is 2. The molecule has 2 saturated heterocycles. The minimum absolute atomic E-state index is 0.0880. The first kappa shape index (κ1) is 22.7. The number of rotatable bonds is 7. The van der Waals surface area contributed by atoms with Gasteiger partial charge < -0.3 is 24.8 Å². The molecule has 1 aromatic rings. The molecule has 1 saturated carbocycles. The summed E-state index contributed by atoms with van der Waals surface area (Å²) in [6.45, 7) is 3.15. The van der Waals surface area contributed by atoms with Crippen LogP contribution < -0.4 is 26.2 Å². The molecule has 4 N–H and O–H groups in total. The maximum Gasteiger partial charge on any atom is 0.407 e. The number of methoxy groups -OCH3 is 1. The van der Waals surface area contributed by atoms with Gasteiger partial charge in [-0.15, -0.1) is 0 Å². The van der Waals surface area contributed by atoms with E-state index < -0.39 is 0 Å². The van der Waals surface area contributed by atoms with Gasteiger partial charge in [-0.3, -0.25) is 15.2 Å². The Labute approximate surface area is 187 Å². The fraction of sp³-hybridized carbons (Fsp3) is 0.714. The number of hydrazine groups is 1. The Morgan fingerprint density at radius 2 is 2.12 bits per heavy atom. The summed E-state index contributed by atoms with van der Waals surface area (Å²) in [5.74, 6) is 0.662. The van der Waals surface area contributed by atoms with Crippen LogP contribution in [0.15, 0.2) is 12.4 Å². The maximum absolute atomic E-state index is 12.3. The van der Waals surface area contributed by atoms with Gasteiger partial charge in [-0.05, 0) is 44.9 Å². The monoisotopic (exact) mass is 448 g/mol. The van der Waals surface area contributed by atoms with Gasteiger partial charge in [0.1, 0.15) is 6.10 Å². The molecule has 2 aliphatic heterocycles. The second-order valence-corrected chi connectivity index (χ2v) is 9.07. The predicted molar refractivity (Wildman–Crippen MR) is 113 cm³/mol. The SMILES string of the molecule is COc1cnc(CC(=O)NC2CC([C@H]3CC[C@@H](OC(=O)NC4(C)CCOC4)C3)NN2)cn1. The molecule has 3 aliphatic rings. The molecule has 4 rings (SSSR count). The minimum Gasteiger partial charge on any atom is -0.480 e. The molecular weight excluding hydrogens is 416 g/mol. The van der Waals surface area contributed by atoms with Crippen molar-refractivity contribution in [3.63, 3.8) is 0 Å². The van der Waals surface area contributed by atoms with Crippen molar-refractivity contribution >= 4 is 12.0 Å². The Morgan fingerprint density at radius 1 is 1.25 bits per heavy atom. The highest BCUT2D eigenvalue weighted by Crippen LogP contribution is 2.33. The number of carbonyl (C=O) groups is 2. The summed E-state index contributed by atoms with van der Waals surface area (Å²) in [4.78, 5) is 32.8. The van der Waals surface area contributed by atoms with Crippen molar-refractivity contribution in [1.82, 2.24) is 31.5 Å². The number of carbonyl (C=O) groups excluding carboxylic acids is 2. The number of nitrogens with one attached hydrogen (secondary N) is 4. The van der Waals surface area contributed by atoms with Gasteiger partial charge in [0.15, 0.2) is 0 Å². The van der Waals surface area contributed by atoms with Crippen molar-refractivity contribution in [1.29, 1.82) is 0 Å². The maximum atomic E-state index is 12.3. The van der Waals surface area contributed by atoms with Crippen LogP contribution in [0.2, 0.25) is 0 Å². The summed E-state index contributed by atoms with van der Waals surface area (Å²) in [6.07, 6.45) is 6.75. The van der Waals surface area contributed by atoms with Gasteiger partial charge in [-0.1, -0.05) is 0 Å². The molecule has 1 aliphatic carbocycles. The van der Waals surface area contributed by atoms with Crippen LogP contribution in [-0.4, -0.2) is 66.1 Å². The molecule has 0 bridgehead atoms. The van der Waals surface area contributed by atoms with Gasteiger partial charge in [0.05, 0.1) is 49.9 Å². The van der Waals surface area contributed by atoms with Crippen molar-refractivity contribution in [2.24, 2.45) is 5.92 Å². The van der Waals surface area contributed by atoms with Crippen molar-refractivity contribution in [2.45, 2.75) is 69.3 Å². The van der Waals surface area contributed by atoms with Crippen LogP contribution in [0, 0.1) is 5.92 Å². The summed E-state index contributed by atoms with van der Waals surface area (Å²) < 4.78 is 16.0. The van der Waals surface area contributed by atoms with E-state index in [4.69, 9.17) is 14.2 Å². The number of ether oxygens (including phenoxy) is 3. The largest absolute Gasteiger partial charge is 0.480 e. The lowest BCUT2D eigenvalue weighted by atomic mass is 9.96. The first-order valence-corrected chi connectivity index (χ1v) is 11.1. The van der Waals surface area contributed by atoms with Crippen molar-refractivity contribution in [3.8, 4) is 5.88 Å². The van der Waals surface area contributed by atoms with Crippen LogP contribution in [0.25, 0.3) is 0 Å². The number of amides is 2. The third kappa shape index (κ3) is 5.84. The number of nitrogens with zero attached hydrogens (tertiary/aromatic N) is 2. The Hall–Kier alpha value is -2.50. The van der Waals surface area contributed by atoms with E-state index in [0.29, 0.717) is 30.7 Å². The Kier molecular flexibility index (Phi) is 7.07. The normalized spacial score (nSPS) is 31.9. The molecule has 0 spiro atoms. The minimum atomic E-state index is -0.368.